The summed E-state index contributed by atoms with van der Waals surface area (Å²) >= 11 is 1.89. The van der Waals surface area contributed by atoms with Gasteiger partial charge in [0.15, 0.2) is 0 Å². The van der Waals surface area contributed by atoms with Crippen LogP contribution in [0.5, 0.6) is 0 Å². The summed E-state index contributed by atoms with van der Waals surface area (Å²) in [6, 6.07) is 15.4. The van der Waals surface area contributed by atoms with E-state index in [1.165, 1.54) is 15.3 Å². The maximum absolute atomic E-state index is 9.60. The van der Waals surface area contributed by atoms with Crippen molar-refractivity contribution < 1.29 is 5.11 Å². The minimum absolute atomic E-state index is 0.384. The van der Waals surface area contributed by atoms with Crippen LogP contribution in [0.4, 0.5) is 0 Å². The van der Waals surface area contributed by atoms with Crippen LogP contribution in [0.15, 0.2) is 48.7 Å². The lowest BCUT2D eigenvalue weighted by molar-refractivity contribution is 0.173. The Hall–Kier alpha value is -2.02. The first kappa shape index (κ1) is 17.4. The third-order valence-corrected chi connectivity index (χ3v) is 6.11. The predicted molar refractivity (Wildman–Crippen MR) is 104 cm³/mol. The molecule has 0 spiro atoms. The van der Waals surface area contributed by atoms with Gasteiger partial charge in [0.1, 0.15) is 5.69 Å². The number of aliphatic hydroxyl groups is 1. The van der Waals surface area contributed by atoms with Crippen LogP contribution in [-0.4, -0.2) is 38.1 Å². The molecule has 1 saturated heterocycles. The summed E-state index contributed by atoms with van der Waals surface area (Å²) in [4.78, 5) is 5.27. The molecule has 1 aromatic carbocycles. The molecule has 136 valence electrons. The van der Waals surface area contributed by atoms with Gasteiger partial charge in [0.25, 0.3) is 0 Å². The van der Waals surface area contributed by atoms with Crippen LogP contribution in [0.2, 0.25) is 0 Å². The summed E-state index contributed by atoms with van der Waals surface area (Å²) in [6.45, 7) is 4.86. The van der Waals surface area contributed by atoms with Crippen molar-refractivity contribution in [2.75, 3.05) is 13.1 Å². The summed E-state index contributed by atoms with van der Waals surface area (Å²) in [6.07, 6.45) is 3.47. The second-order valence-electron chi connectivity index (χ2n) is 6.94. The summed E-state index contributed by atoms with van der Waals surface area (Å²) in [5.41, 5.74) is 1.95. The van der Waals surface area contributed by atoms with Crippen molar-refractivity contribution in [3.63, 3.8) is 0 Å². The van der Waals surface area contributed by atoms with E-state index in [1.54, 1.807) is 6.92 Å². The summed E-state index contributed by atoms with van der Waals surface area (Å²) in [5, 5.41) is 17.9. The van der Waals surface area contributed by atoms with Crippen molar-refractivity contribution in [3.8, 4) is 10.4 Å². The molecule has 1 aliphatic heterocycles. The topological polar surface area (TPSA) is 54.2 Å². The van der Waals surface area contributed by atoms with Gasteiger partial charge in [-0.2, -0.15) is 0 Å². The van der Waals surface area contributed by atoms with E-state index in [1.807, 2.05) is 22.2 Å². The largest absolute Gasteiger partial charge is 0.387 e. The zero-order valence-corrected chi connectivity index (χ0v) is 15.8. The monoisotopic (exact) mass is 368 g/mol. The number of rotatable bonds is 5. The third-order valence-electron chi connectivity index (χ3n) is 4.99. The van der Waals surface area contributed by atoms with Gasteiger partial charge in [-0.15, -0.1) is 16.4 Å². The lowest BCUT2D eigenvalue weighted by Crippen LogP contribution is -2.34. The van der Waals surface area contributed by atoms with Gasteiger partial charge in [0, 0.05) is 29.4 Å². The van der Waals surface area contributed by atoms with Gasteiger partial charge in [0.05, 0.1) is 18.3 Å². The number of likely N-dealkylation sites (tertiary alicyclic amines) is 1. The first-order valence-electron chi connectivity index (χ1n) is 9.15. The molecular weight excluding hydrogens is 344 g/mol. The Balaban J connectivity index is 1.33. The third kappa shape index (κ3) is 3.87. The van der Waals surface area contributed by atoms with Gasteiger partial charge in [0.2, 0.25) is 0 Å². The minimum Gasteiger partial charge on any atom is -0.387 e. The highest BCUT2D eigenvalue weighted by Crippen LogP contribution is 2.30. The van der Waals surface area contributed by atoms with Crippen molar-refractivity contribution in [1.29, 1.82) is 0 Å². The van der Waals surface area contributed by atoms with Gasteiger partial charge >= 0.3 is 0 Å². The molecule has 0 saturated carbocycles. The fourth-order valence-electron chi connectivity index (χ4n) is 3.44. The standard InChI is InChI=1S/C20H24N4OS/c1-15(25)19-14-24(22-21-19)17-9-11-23(12-10-17)13-18-7-8-20(26-18)16-5-3-2-4-6-16/h2-8,14-15,17,25H,9-13H2,1H3. The van der Waals surface area contributed by atoms with Crippen molar-refractivity contribution >= 4 is 11.3 Å². The molecule has 4 rings (SSSR count). The van der Waals surface area contributed by atoms with E-state index in [0.717, 1.165) is 32.5 Å². The van der Waals surface area contributed by atoms with Crippen molar-refractivity contribution in [1.82, 2.24) is 19.9 Å². The number of piperidine rings is 1. The van der Waals surface area contributed by atoms with Crippen LogP contribution in [0.3, 0.4) is 0 Å². The molecular formula is C20H24N4OS. The van der Waals surface area contributed by atoms with Crippen molar-refractivity contribution in [3.05, 3.63) is 59.2 Å². The molecule has 0 radical (unpaired) electrons. The zero-order chi connectivity index (χ0) is 17.9. The fraction of sp³-hybridized carbons (Fsp3) is 0.400. The van der Waals surface area contributed by atoms with Crippen LogP contribution < -0.4 is 0 Å². The van der Waals surface area contributed by atoms with E-state index >= 15 is 0 Å². The molecule has 26 heavy (non-hydrogen) atoms. The molecule has 3 heterocycles. The maximum Gasteiger partial charge on any atom is 0.111 e. The average molecular weight is 369 g/mol. The van der Waals surface area contributed by atoms with Gasteiger partial charge in [-0.05, 0) is 37.5 Å². The molecule has 1 atom stereocenters. The smallest absolute Gasteiger partial charge is 0.111 e. The van der Waals surface area contributed by atoms with Crippen LogP contribution >= 0.6 is 11.3 Å². The van der Waals surface area contributed by atoms with Gasteiger partial charge in [-0.1, -0.05) is 35.5 Å². The molecule has 0 aliphatic carbocycles. The molecule has 1 aliphatic rings. The van der Waals surface area contributed by atoms with E-state index in [4.69, 9.17) is 0 Å². The van der Waals surface area contributed by atoms with E-state index in [9.17, 15) is 5.11 Å². The summed E-state index contributed by atoms with van der Waals surface area (Å²) < 4.78 is 1.93. The Morgan fingerprint density at radius 1 is 1.15 bits per heavy atom. The SMILES string of the molecule is CC(O)c1cn(C2CCN(Cc3ccc(-c4ccccc4)s3)CC2)nn1. The van der Waals surface area contributed by atoms with E-state index in [0.29, 0.717) is 11.7 Å². The molecule has 0 amide bonds. The Kier molecular flexibility index (Phi) is 5.15. The lowest BCUT2D eigenvalue weighted by atomic mass is 10.1. The highest BCUT2D eigenvalue weighted by Gasteiger charge is 2.22. The minimum atomic E-state index is -0.554. The van der Waals surface area contributed by atoms with E-state index in [-0.39, 0.29) is 0 Å². The summed E-state index contributed by atoms with van der Waals surface area (Å²) in [5.74, 6) is 0. The number of aromatic nitrogens is 3. The molecule has 6 heteroatoms. The number of aliphatic hydroxyl groups excluding tert-OH is 1. The van der Waals surface area contributed by atoms with Crippen LogP contribution in [-0.2, 0) is 6.54 Å². The van der Waals surface area contributed by atoms with Gasteiger partial charge in [-0.25, -0.2) is 4.68 Å². The predicted octanol–water partition coefficient (Wildman–Crippen LogP) is 3.90. The Morgan fingerprint density at radius 2 is 1.92 bits per heavy atom. The molecule has 1 N–H and O–H groups in total. The number of hydrogen-bond donors (Lipinski definition) is 1. The molecule has 2 aromatic heterocycles. The van der Waals surface area contributed by atoms with Gasteiger partial charge < -0.3 is 5.11 Å². The normalized spacial score (nSPS) is 17.5. The lowest BCUT2D eigenvalue weighted by Gasteiger charge is -2.31. The first-order valence-corrected chi connectivity index (χ1v) is 9.97. The Morgan fingerprint density at radius 3 is 2.62 bits per heavy atom. The number of hydrogen-bond acceptors (Lipinski definition) is 5. The second-order valence-corrected chi connectivity index (χ2v) is 8.11. The highest BCUT2D eigenvalue weighted by molar-refractivity contribution is 7.15. The number of nitrogens with zero attached hydrogens (tertiary/aromatic N) is 4. The second kappa shape index (κ2) is 7.70. The molecule has 3 aromatic rings. The molecule has 0 bridgehead atoms. The van der Waals surface area contributed by atoms with Crippen LogP contribution in [0.25, 0.3) is 10.4 Å². The molecule has 1 unspecified atom stereocenters. The molecule has 5 nitrogen and oxygen atoms in total. The Bertz CT molecular complexity index is 834. The van der Waals surface area contributed by atoms with E-state index < -0.39 is 6.10 Å². The summed E-state index contributed by atoms with van der Waals surface area (Å²) in [7, 11) is 0. The maximum atomic E-state index is 9.60. The first-order chi connectivity index (χ1) is 12.7. The quantitative estimate of drug-likeness (QED) is 0.742. The molecule has 1 fully saturated rings. The van der Waals surface area contributed by atoms with Crippen molar-refractivity contribution in [2.45, 2.75) is 38.5 Å². The highest BCUT2D eigenvalue weighted by atomic mass is 32.1. The fourth-order valence-corrected chi connectivity index (χ4v) is 4.50. The van der Waals surface area contributed by atoms with Crippen molar-refractivity contribution in [2.24, 2.45) is 0 Å². The zero-order valence-electron chi connectivity index (χ0n) is 15.0. The number of thiophene rings is 1. The average Bonchev–Trinajstić information content (AvgIpc) is 3.33. The van der Waals surface area contributed by atoms with Gasteiger partial charge in [-0.3, -0.25) is 4.90 Å². The Labute approximate surface area is 157 Å². The van der Waals surface area contributed by atoms with E-state index in [2.05, 4.69) is 57.7 Å². The van der Waals surface area contributed by atoms with Crippen LogP contribution in [0.1, 0.15) is 42.5 Å². The van der Waals surface area contributed by atoms with Crippen LogP contribution in [0, 0.1) is 0 Å². The number of benzene rings is 1.